The summed E-state index contributed by atoms with van der Waals surface area (Å²) in [6, 6.07) is 3.40. The van der Waals surface area contributed by atoms with Crippen molar-refractivity contribution in [3.8, 4) is 0 Å². The number of pyridine rings is 1. The van der Waals surface area contributed by atoms with Crippen LogP contribution in [0.3, 0.4) is 0 Å². The Morgan fingerprint density at radius 1 is 1.41 bits per heavy atom. The van der Waals surface area contributed by atoms with E-state index < -0.39 is 0 Å². The molecule has 88 valence electrons. The Kier molecular flexibility index (Phi) is 3.55. The second kappa shape index (κ2) is 5.30. The van der Waals surface area contributed by atoms with Gasteiger partial charge in [-0.25, -0.2) is 4.98 Å². The quantitative estimate of drug-likeness (QED) is 0.835. The van der Waals surface area contributed by atoms with Crippen LogP contribution in [0.2, 0.25) is 0 Å². The molecule has 1 heterocycles. The number of aromatic nitrogens is 1. The predicted octanol–water partition coefficient (Wildman–Crippen LogP) is 2.27. The number of nitrogens with one attached hydrogen (secondary N) is 1. The summed E-state index contributed by atoms with van der Waals surface area (Å²) in [4.78, 5) is 15.7. The van der Waals surface area contributed by atoms with Gasteiger partial charge in [-0.1, -0.05) is 18.2 Å². The molecule has 0 radical (unpaired) electrons. The highest BCUT2D eigenvalue weighted by molar-refractivity contribution is 5.91. The van der Waals surface area contributed by atoms with Gasteiger partial charge in [0, 0.05) is 0 Å². The first-order chi connectivity index (χ1) is 8.24. The summed E-state index contributed by atoms with van der Waals surface area (Å²) in [6.45, 7) is 0. The lowest BCUT2D eigenvalue weighted by molar-refractivity contribution is -0.115. The van der Waals surface area contributed by atoms with Gasteiger partial charge in [0.15, 0.2) is 0 Å². The standard InChI is InChI=1S/C13H15N3O/c14-11-6-7-12(15-9-11)16-13(17)8-10-4-2-1-3-5-10/h2,4-7,9H,1,3,8,14H2,(H,15,16,17). The zero-order valence-electron chi connectivity index (χ0n) is 9.52. The number of anilines is 2. The fraction of sp³-hybridized carbons (Fsp3) is 0.231. The molecule has 0 bridgehead atoms. The van der Waals surface area contributed by atoms with Crippen LogP contribution < -0.4 is 11.1 Å². The van der Waals surface area contributed by atoms with Crippen molar-refractivity contribution in [2.75, 3.05) is 11.1 Å². The van der Waals surface area contributed by atoms with E-state index in [1.807, 2.05) is 6.08 Å². The smallest absolute Gasteiger partial charge is 0.229 e. The molecule has 2 rings (SSSR count). The number of nitrogen functional groups attached to an aromatic ring is 1. The number of hydrogen-bond donors (Lipinski definition) is 2. The van der Waals surface area contributed by atoms with Crippen molar-refractivity contribution in [2.45, 2.75) is 19.3 Å². The van der Waals surface area contributed by atoms with Crippen LogP contribution in [0.1, 0.15) is 19.3 Å². The minimum atomic E-state index is -0.0555. The van der Waals surface area contributed by atoms with Gasteiger partial charge >= 0.3 is 0 Å². The maximum absolute atomic E-state index is 11.7. The lowest BCUT2D eigenvalue weighted by atomic mass is 10.0. The van der Waals surface area contributed by atoms with Gasteiger partial charge in [0.05, 0.1) is 18.3 Å². The number of rotatable bonds is 3. The third kappa shape index (κ3) is 3.45. The second-order valence-electron chi connectivity index (χ2n) is 3.96. The summed E-state index contributed by atoms with van der Waals surface area (Å²) < 4.78 is 0. The first-order valence-corrected chi connectivity index (χ1v) is 5.61. The van der Waals surface area contributed by atoms with Crippen molar-refractivity contribution >= 4 is 17.4 Å². The topological polar surface area (TPSA) is 68.0 Å². The van der Waals surface area contributed by atoms with E-state index in [9.17, 15) is 4.79 Å². The third-order valence-electron chi connectivity index (χ3n) is 2.49. The highest BCUT2D eigenvalue weighted by Crippen LogP contribution is 2.14. The molecule has 1 aromatic rings. The normalized spacial score (nSPS) is 14.2. The SMILES string of the molecule is Nc1ccc(NC(=O)CC2=CCCC=C2)nc1. The lowest BCUT2D eigenvalue weighted by Gasteiger charge is -2.07. The molecular formula is C13H15N3O. The molecule has 3 N–H and O–H groups in total. The van der Waals surface area contributed by atoms with Crippen LogP contribution in [0.25, 0.3) is 0 Å². The fourth-order valence-corrected chi connectivity index (χ4v) is 1.65. The van der Waals surface area contributed by atoms with Gasteiger partial charge < -0.3 is 11.1 Å². The molecular weight excluding hydrogens is 214 g/mol. The van der Waals surface area contributed by atoms with Gasteiger partial charge in [-0.2, -0.15) is 0 Å². The summed E-state index contributed by atoms with van der Waals surface area (Å²) in [6.07, 6.45) is 10.2. The number of carbonyl (C=O) groups excluding carboxylic acids is 1. The number of carbonyl (C=O) groups is 1. The van der Waals surface area contributed by atoms with E-state index in [4.69, 9.17) is 5.73 Å². The Balaban J connectivity index is 1.91. The summed E-state index contributed by atoms with van der Waals surface area (Å²) in [5, 5.41) is 2.74. The first kappa shape index (κ1) is 11.4. The molecule has 4 heteroatoms. The summed E-state index contributed by atoms with van der Waals surface area (Å²) in [5.41, 5.74) is 7.16. The molecule has 1 aliphatic rings. The third-order valence-corrected chi connectivity index (χ3v) is 2.49. The molecule has 0 saturated carbocycles. The number of nitrogens with zero attached hydrogens (tertiary/aromatic N) is 1. The molecule has 1 amide bonds. The van der Waals surface area contributed by atoms with Crippen molar-refractivity contribution in [2.24, 2.45) is 0 Å². The molecule has 0 unspecified atom stereocenters. The van der Waals surface area contributed by atoms with Crippen LogP contribution >= 0.6 is 0 Å². The second-order valence-corrected chi connectivity index (χ2v) is 3.96. The van der Waals surface area contributed by atoms with Crippen molar-refractivity contribution in [3.63, 3.8) is 0 Å². The highest BCUT2D eigenvalue weighted by Gasteiger charge is 2.06. The summed E-state index contributed by atoms with van der Waals surface area (Å²) >= 11 is 0. The number of nitrogens with two attached hydrogens (primary N) is 1. The number of amides is 1. The molecule has 1 aliphatic carbocycles. The average molecular weight is 229 g/mol. The Morgan fingerprint density at radius 2 is 2.29 bits per heavy atom. The Hall–Kier alpha value is -2.10. The van der Waals surface area contributed by atoms with Gasteiger partial charge in [-0.15, -0.1) is 0 Å². The minimum absolute atomic E-state index is 0.0555. The van der Waals surface area contributed by atoms with Gasteiger partial charge in [0.2, 0.25) is 5.91 Å². The Bertz CT molecular complexity index is 460. The monoisotopic (exact) mass is 229 g/mol. The Morgan fingerprint density at radius 3 is 2.94 bits per heavy atom. The van der Waals surface area contributed by atoms with E-state index in [0.717, 1.165) is 18.4 Å². The van der Waals surface area contributed by atoms with Crippen LogP contribution in [-0.4, -0.2) is 10.9 Å². The maximum Gasteiger partial charge on any atom is 0.229 e. The van der Waals surface area contributed by atoms with E-state index in [2.05, 4.69) is 22.5 Å². The molecule has 0 atom stereocenters. The average Bonchev–Trinajstić information content (AvgIpc) is 2.33. The summed E-state index contributed by atoms with van der Waals surface area (Å²) in [5.74, 6) is 0.477. The van der Waals surface area contributed by atoms with Crippen molar-refractivity contribution in [1.82, 2.24) is 4.98 Å². The minimum Gasteiger partial charge on any atom is -0.397 e. The van der Waals surface area contributed by atoms with Gasteiger partial charge in [-0.05, 0) is 30.5 Å². The van der Waals surface area contributed by atoms with Crippen LogP contribution in [0.5, 0.6) is 0 Å². The van der Waals surface area contributed by atoms with Crippen molar-refractivity contribution in [1.29, 1.82) is 0 Å². The summed E-state index contributed by atoms with van der Waals surface area (Å²) in [7, 11) is 0. The molecule has 0 spiro atoms. The van der Waals surface area contributed by atoms with E-state index in [1.54, 1.807) is 12.1 Å². The Labute approximate surface area is 100 Å². The van der Waals surface area contributed by atoms with Crippen LogP contribution in [0.15, 0.2) is 42.1 Å². The first-order valence-electron chi connectivity index (χ1n) is 5.61. The van der Waals surface area contributed by atoms with Gasteiger partial charge in [0.25, 0.3) is 0 Å². The number of allylic oxidation sites excluding steroid dienone is 3. The fourth-order valence-electron chi connectivity index (χ4n) is 1.65. The van der Waals surface area contributed by atoms with Crippen LogP contribution in [-0.2, 0) is 4.79 Å². The zero-order valence-corrected chi connectivity index (χ0v) is 9.52. The lowest BCUT2D eigenvalue weighted by Crippen LogP contribution is -2.13. The molecule has 1 aromatic heterocycles. The maximum atomic E-state index is 11.7. The largest absolute Gasteiger partial charge is 0.397 e. The molecule has 0 fully saturated rings. The van der Waals surface area contributed by atoms with Crippen molar-refractivity contribution < 1.29 is 4.79 Å². The van der Waals surface area contributed by atoms with E-state index in [-0.39, 0.29) is 5.91 Å². The van der Waals surface area contributed by atoms with Crippen LogP contribution in [0.4, 0.5) is 11.5 Å². The predicted molar refractivity (Wildman–Crippen MR) is 68.4 cm³/mol. The number of hydrogen-bond acceptors (Lipinski definition) is 3. The molecule has 4 nitrogen and oxygen atoms in total. The molecule has 0 saturated heterocycles. The van der Waals surface area contributed by atoms with Gasteiger partial charge in [0.1, 0.15) is 5.82 Å². The zero-order chi connectivity index (χ0) is 12.1. The van der Waals surface area contributed by atoms with Crippen molar-refractivity contribution in [3.05, 3.63) is 42.1 Å². The van der Waals surface area contributed by atoms with E-state index in [1.165, 1.54) is 6.20 Å². The van der Waals surface area contributed by atoms with Gasteiger partial charge in [-0.3, -0.25) is 4.79 Å². The molecule has 17 heavy (non-hydrogen) atoms. The highest BCUT2D eigenvalue weighted by atomic mass is 16.1. The van der Waals surface area contributed by atoms with Crippen LogP contribution in [0, 0.1) is 0 Å². The van der Waals surface area contributed by atoms with E-state index >= 15 is 0 Å². The molecule has 0 aliphatic heterocycles. The molecule has 0 aromatic carbocycles. The van der Waals surface area contributed by atoms with E-state index in [0.29, 0.717) is 17.9 Å².